The molecule has 1 aliphatic carbocycles. The third kappa shape index (κ3) is 3.96. The minimum absolute atomic E-state index is 0.0873. The summed E-state index contributed by atoms with van der Waals surface area (Å²) in [5.41, 5.74) is 2.25. The summed E-state index contributed by atoms with van der Waals surface area (Å²) in [6.07, 6.45) is 8.07. The van der Waals surface area contributed by atoms with Gasteiger partial charge in [-0.05, 0) is 31.2 Å². The first kappa shape index (κ1) is 18.7. The van der Waals surface area contributed by atoms with E-state index in [1.807, 2.05) is 24.0 Å². The molecule has 0 bridgehead atoms. The van der Waals surface area contributed by atoms with E-state index in [1.165, 1.54) is 37.7 Å². The van der Waals surface area contributed by atoms with Crippen LogP contribution in [0, 0.1) is 0 Å². The lowest BCUT2D eigenvalue weighted by Crippen LogP contribution is -2.37. The van der Waals surface area contributed by atoms with Crippen molar-refractivity contribution in [1.82, 2.24) is 19.7 Å². The molecule has 0 spiro atoms. The second kappa shape index (κ2) is 7.78. The number of benzene rings is 1. The van der Waals surface area contributed by atoms with Crippen LogP contribution in [-0.2, 0) is 7.05 Å². The summed E-state index contributed by atoms with van der Waals surface area (Å²) in [4.78, 5) is 9.55. The topological polar surface area (TPSA) is 67.7 Å². The second-order valence-corrected chi connectivity index (χ2v) is 8.34. The fourth-order valence-electron chi connectivity index (χ4n) is 4.08. The third-order valence-corrected chi connectivity index (χ3v) is 5.90. The smallest absolute Gasteiger partial charge is 0.226 e. The maximum Gasteiger partial charge on any atom is 0.226 e. The predicted molar refractivity (Wildman–Crippen MR) is 115 cm³/mol. The molecule has 2 N–H and O–H groups in total. The van der Waals surface area contributed by atoms with E-state index in [0.29, 0.717) is 11.9 Å². The molecule has 6 heteroatoms. The van der Waals surface area contributed by atoms with E-state index in [4.69, 9.17) is 9.97 Å². The molecule has 2 aromatic heterocycles. The van der Waals surface area contributed by atoms with Gasteiger partial charge in [-0.1, -0.05) is 56.5 Å². The predicted octanol–water partition coefficient (Wildman–Crippen LogP) is 4.71. The lowest BCUT2D eigenvalue weighted by Gasteiger charge is -2.35. The molecule has 1 fully saturated rings. The van der Waals surface area contributed by atoms with Crippen molar-refractivity contribution in [3.63, 3.8) is 0 Å². The molecule has 0 aliphatic heterocycles. The van der Waals surface area contributed by atoms with Crippen LogP contribution in [0.2, 0.25) is 0 Å². The van der Waals surface area contributed by atoms with E-state index >= 15 is 0 Å². The number of fused-ring (bicyclic) bond motifs is 1. The van der Waals surface area contributed by atoms with Gasteiger partial charge in [-0.15, -0.1) is 0 Å². The van der Waals surface area contributed by atoms with Gasteiger partial charge in [0.25, 0.3) is 0 Å². The quantitative estimate of drug-likeness (QED) is 0.650. The summed E-state index contributed by atoms with van der Waals surface area (Å²) in [6, 6.07) is 10.5. The molecule has 2 heterocycles. The van der Waals surface area contributed by atoms with Gasteiger partial charge in [0.1, 0.15) is 5.82 Å². The fraction of sp³-hybridized carbons (Fsp3) is 0.500. The normalized spacial score (nSPS) is 17.4. The van der Waals surface area contributed by atoms with Gasteiger partial charge in [0, 0.05) is 19.1 Å². The summed E-state index contributed by atoms with van der Waals surface area (Å²) in [6.45, 7) is 5.30. The van der Waals surface area contributed by atoms with Crippen molar-refractivity contribution >= 4 is 22.8 Å². The molecule has 0 amide bonds. The van der Waals surface area contributed by atoms with Crippen LogP contribution >= 0.6 is 0 Å². The molecule has 28 heavy (non-hydrogen) atoms. The maximum absolute atomic E-state index is 4.83. The number of aromatic nitrogens is 4. The average molecular weight is 379 g/mol. The zero-order valence-electron chi connectivity index (χ0n) is 17.1. The van der Waals surface area contributed by atoms with Crippen LogP contribution in [0.3, 0.4) is 0 Å². The Balaban J connectivity index is 1.57. The van der Waals surface area contributed by atoms with Crippen molar-refractivity contribution in [2.24, 2.45) is 7.05 Å². The Morgan fingerprint density at radius 1 is 1.11 bits per heavy atom. The van der Waals surface area contributed by atoms with E-state index in [2.05, 4.69) is 53.8 Å². The maximum atomic E-state index is 4.83. The van der Waals surface area contributed by atoms with Gasteiger partial charge in [0.05, 0.1) is 11.6 Å². The van der Waals surface area contributed by atoms with E-state index in [-0.39, 0.29) is 5.54 Å². The Morgan fingerprint density at radius 3 is 2.61 bits per heavy atom. The Labute approximate surface area is 166 Å². The van der Waals surface area contributed by atoms with Crippen molar-refractivity contribution in [2.75, 3.05) is 17.2 Å². The van der Waals surface area contributed by atoms with Crippen molar-refractivity contribution < 1.29 is 0 Å². The molecular weight excluding hydrogens is 348 g/mol. The van der Waals surface area contributed by atoms with Gasteiger partial charge in [-0.2, -0.15) is 15.1 Å². The molecular formula is C22H30N6. The van der Waals surface area contributed by atoms with Crippen LogP contribution in [0.5, 0.6) is 0 Å². The number of hydrogen-bond acceptors (Lipinski definition) is 5. The summed E-state index contributed by atoms with van der Waals surface area (Å²) < 4.78 is 1.82. The number of rotatable bonds is 6. The highest BCUT2D eigenvalue weighted by atomic mass is 15.3. The zero-order valence-corrected chi connectivity index (χ0v) is 17.1. The van der Waals surface area contributed by atoms with E-state index < -0.39 is 0 Å². The zero-order chi connectivity index (χ0) is 19.6. The molecule has 1 aromatic carbocycles. The minimum Gasteiger partial charge on any atom is -0.364 e. The Kier molecular flexibility index (Phi) is 5.20. The standard InChI is InChI=1S/C22H30N6/c1-16(17-10-6-4-7-11-17)14-23-21-25-19(18-15-24-28(3)20(18)26-21)27-22(2)12-8-5-9-13-22/h4,6-7,10-11,15-16H,5,8-9,12-14H2,1-3H3,(H2,23,25,26,27). The molecule has 1 unspecified atom stereocenters. The molecule has 148 valence electrons. The van der Waals surface area contributed by atoms with Crippen molar-refractivity contribution in [2.45, 2.75) is 57.4 Å². The van der Waals surface area contributed by atoms with Gasteiger partial charge in [0.15, 0.2) is 5.65 Å². The van der Waals surface area contributed by atoms with E-state index in [1.54, 1.807) is 0 Å². The highest BCUT2D eigenvalue weighted by Crippen LogP contribution is 2.33. The Hall–Kier alpha value is -2.63. The highest BCUT2D eigenvalue weighted by molar-refractivity contribution is 5.87. The molecule has 6 nitrogen and oxygen atoms in total. The SMILES string of the molecule is CC(CNc1nc(NC2(C)CCCCC2)c2cnn(C)c2n1)c1ccccc1. The number of aryl methyl sites for hydroxylation is 1. The number of nitrogens with one attached hydrogen (secondary N) is 2. The van der Waals surface area contributed by atoms with Gasteiger partial charge in [-0.3, -0.25) is 4.68 Å². The summed E-state index contributed by atoms with van der Waals surface area (Å²) >= 11 is 0. The first-order valence-corrected chi connectivity index (χ1v) is 10.3. The van der Waals surface area contributed by atoms with Crippen LogP contribution in [0.25, 0.3) is 11.0 Å². The molecule has 0 saturated heterocycles. The van der Waals surface area contributed by atoms with Crippen LogP contribution in [-0.4, -0.2) is 31.8 Å². The summed E-state index contributed by atoms with van der Waals surface area (Å²) in [7, 11) is 1.93. The molecule has 1 atom stereocenters. The first-order valence-electron chi connectivity index (χ1n) is 10.3. The average Bonchev–Trinajstić information content (AvgIpc) is 3.08. The number of hydrogen-bond donors (Lipinski definition) is 2. The van der Waals surface area contributed by atoms with Crippen molar-refractivity contribution in [3.8, 4) is 0 Å². The third-order valence-electron chi connectivity index (χ3n) is 5.90. The summed E-state index contributed by atoms with van der Waals surface area (Å²) in [5.74, 6) is 1.91. The van der Waals surface area contributed by atoms with Crippen LogP contribution in [0.15, 0.2) is 36.5 Å². The highest BCUT2D eigenvalue weighted by Gasteiger charge is 2.28. The monoisotopic (exact) mass is 378 g/mol. The lowest BCUT2D eigenvalue weighted by atomic mass is 9.83. The molecule has 0 radical (unpaired) electrons. The molecule has 4 rings (SSSR count). The van der Waals surface area contributed by atoms with Gasteiger partial charge < -0.3 is 10.6 Å². The molecule has 1 saturated carbocycles. The van der Waals surface area contributed by atoms with E-state index in [9.17, 15) is 0 Å². The largest absolute Gasteiger partial charge is 0.364 e. The Morgan fingerprint density at radius 2 is 1.86 bits per heavy atom. The fourth-order valence-corrected chi connectivity index (χ4v) is 4.08. The van der Waals surface area contributed by atoms with Crippen LogP contribution < -0.4 is 10.6 Å². The molecule has 3 aromatic rings. The minimum atomic E-state index is 0.0873. The van der Waals surface area contributed by atoms with E-state index in [0.717, 1.165) is 23.4 Å². The summed E-state index contributed by atoms with van der Waals surface area (Å²) in [5, 5.41) is 12.6. The van der Waals surface area contributed by atoms with Crippen molar-refractivity contribution in [1.29, 1.82) is 0 Å². The van der Waals surface area contributed by atoms with Crippen LogP contribution in [0.1, 0.15) is 57.4 Å². The van der Waals surface area contributed by atoms with Gasteiger partial charge in [0.2, 0.25) is 5.95 Å². The lowest BCUT2D eigenvalue weighted by molar-refractivity contribution is 0.349. The number of nitrogens with zero attached hydrogens (tertiary/aromatic N) is 4. The second-order valence-electron chi connectivity index (χ2n) is 8.34. The van der Waals surface area contributed by atoms with Crippen LogP contribution in [0.4, 0.5) is 11.8 Å². The van der Waals surface area contributed by atoms with Crippen molar-refractivity contribution in [3.05, 3.63) is 42.1 Å². The number of anilines is 2. The van der Waals surface area contributed by atoms with Gasteiger partial charge in [-0.25, -0.2) is 0 Å². The Bertz CT molecular complexity index is 927. The molecule has 1 aliphatic rings. The first-order chi connectivity index (χ1) is 13.5. The van der Waals surface area contributed by atoms with Gasteiger partial charge >= 0.3 is 0 Å².